The van der Waals surface area contributed by atoms with Crippen molar-refractivity contribution in [1.82, 2.24) is 5.32 Å². The smallest absolute Gasteiger partial charge is 0.0506 e. The molecule has 0 saturated carbocycles. The average molecular weight is 129 g/mol. The van der Waals surface area contributed by atoms with E-state index in [-0.39, 0.29) is 0 Å². The molecule has 0 aromatic rings. The van der Waals surface area contributed by atoms with E-state index in [1.807, 2.05) is 7.05 Å². The second-order valence-electron chi connectivity index (χ2n) is 2.74. The van der Waals surface area contributed by atoms with Crippen molar-refractivity contribution < 1.29 is 4.74 Å². The first kappa shape index (κ1) is 7.03. The normalized spacial score (nSPS) is 36.7. The van der Waals surface area contributed by atoms with E-state index in [2.05, 4.69) is 12.2 Å². The quantitative estimate of drug-likeness (QED) is 0.560. The molecule has 1 aliphatic rings. The summed E-state index contributed by atoms with van der Waals surface area (Å²) in [6, 6.07) is 0.679. The molecule has 0 aromatic carbocycles. The maximum Gasteiger partial charge on any atom is 0.0506 e. The van der Waals surface area contributed by atoms with Crippen LogP contribution in [-0.4, -0.2) is 26.3 Å². The molecule has 1 heterocycles. The Morgan fingerprint density at radius 3 is 2.78 bits per heavy atom. The molecule has 2 heteroatoms. The van der Waals surface area contributed by atoms with Crippen LogP contribution in [0.2, 0.25) is 0 Å². The van der Waals surface area contributed by atoms with Gasteiger partial charge in [-0.25, -0.2) is 0 Å². The van der Waals surface area contributed by atoms with Crippen LogP contribution >= 0.6 is 0 Å². The van der Waals surface area contributed by atoms with Gasteiger partial charge < -0.3 is 10.1 Å². The fraction of sp³-hybridized carbons (Fsp3) is 1.00. The lowest BCUT2D eigenvalue weighted by atomic mass is 9.98. The Hall–Kier alpha value is -0.0800. The second kappa shape index (κ2) is 3.18. The van der Waals surface area contributed by atoms with E-state index >= 15 is 0 Å². The van der Waals surface area contributed by atoms with Crippen LogP contribution < -0.4 is 5.32 Å². The van der Waals surface area contributed by atoms with E-state index in [4.69, 9.17) is 4.74 Å². The molecular formula is C7H15NO. The van der Waals surface area contributed by atoms with Gasteiger partial charge >= 0.3 is 0 Å². The molecule has 0 aromatic heterocycles. The summed E-state index contributed by atoms with van der Waals surface area (Å²) in [5, 5.41) is 3.27. The third-order valence-electron chi connectivity index (χ3n) is 2.01. The largest absolute Gasteiger partial charge is 0.381 e. The molecule has 2 nitrogen and oxygen atoms in total. The predicted molar refractivity (Wildman–Crippen MR) is 37.4 cm³/mol. The highest BCUT2D eigenvalue weighted by Gasteiger charge is 2.19. The minimum Gasteiger partial charge on any atom is -0.381 e. The van der Waals surface area contributed by atoms with Crippen molar-refractivity contribution in [2.75, 3.05) is 20.3 Å². The molecule has 0 bridgehead atoms. The van der Waals surface area contributed by atoms with Crippen LogP contribution in [0.1, 0.15) is 13.3 Å². The second-order valence-corrected chi connectivity index (χ2v) is 2.74. The van der Waals surface area contributed by atoms with Crippen molar-refractivity contribution in [2.24, 2.45) is 5.92 Å². The Kier molecular flexibility index (Phi) is 2.49. The van der Waals surface area contributed by atoms with Gasteiger partial charge in [-0.1, -0.05) is 6.92 Å². The molecule has 0 aliphatic carbocycles. The third kappa shape index (κ3) is 1.66. The molecule has 0 spiro atoms. The molecule has 1 rings (SSSR count). The molecular weight excluding hydrogens is 114 g/mol. The van der Waals surface area contributed by atoms with Crippen molar-refractivity contribution in [2.45, 2.75) is 19.4 Å². The van der Waals surface area contributed by atoms with Crippen LogP contribution in [0.3, 0.4) is 0 Å². The van der Waals surface area contributed by atoms with Gasteiger partial charge in [0, 0.05) is 12.6 Å². The van der Waals surface area contributed by atoms with E-state index < -0.39 is 0 Å². The molecule has 0 radical (unpaired) electrons. The lowest BCUT2D eigenvalue weighted by molar-refractivity contribution is 0.0412. The standard InChI is InChI=1S/C7H15NO/c1-6-5-9-4-3-7(6)8-2/h6-8H,3-5H2,1-2H3/t6-,7-/m0/s1. The van der Waals surface area contributed by atoms with Gasteiger partial charge in [0.15, 0.2) is 0 Å². The van der Waals surface area contributed by atoms with E-state index in [0.29, 0.717) is 12.0 Å². The summed E-state index contributed by atoms with van der Waals surface area (Å²) in [6.45, 7) is 4.07. The van der Waals surface area contributed by atoms with Gasteiger partial charge in [-0.05, 0) is 19.4 Å². The SMILES string of the molecule is CN[C@H]1CCOC[C@@H]1C. The lowest BCUT2D eigenvalue weighted by Gasteiger charge is -2.28. The number of hydrogen-bond donors (Lipinski definition) is 1. The molecule has 0 amide bonds. The van der Waals surface area contributed by atoms with E-state index in [1.54, 1.807) is 0 Å². The van der Waals surface area contributed by atoms with Crippen LogP contribution in [0.4, 0.5) is 0 Å². The minimum atomic E-state index is 0.679. The Balaban J connectivity index is 2.30. The minimum absolute atomic E-state index is 0.679. The van der Waals surface area contributed by atoms with Crippen molar-refractivity contribution in [1.29, 1.82) is 0 Å². The first-order chi connectivity index (χ1) is 4.34. The van der Waals surface area contributed by atoms with Crippen LogP contribution in [0, 0.1) is 5.92 Å². The summed E-state index contributed by atoms with van der Waals surface area (Å²) in [4.78, 5) is 0. The maximum absolute atomic E-state index is 5.27. The van der Waals surface area contributed by atoms with Crippen LogP contribution in [-0.2, 0) is 4.74 Å². The number of rotatable bonds is 1. The average Bonchev–Trinajstić information content (AvgIpc) is 1.89. The summed E-state index contributed by atoms with van der Waals surface area (Å²) in [5.41, 5.74) is 0. The van der Waals surface area contributed by atoms with Crippen molar-refractivity contribution in [3.05, 3.63) is 0 Å². The zero-order chi connectivity index (χ0) is 6.69. The van der Waals surface area contributed by atoms with Crippen molar-refractivity contribution >= 4 is 0 Å². The van der Waals surface area contributed by atoms with E-state index in [9.17, 15) is 0 Å². The monoisotopic (exact) mass is 129 g/mol. The number of hydrogen-bond acceptors (Lipinski definition) is 2. The highest BCUT2D eigenvalue weighted by atomic mass is 16.5. The van der Waals surface area contributed by atoms with Crippen molar-refractivity contribution in [3.8, 4) is 0 Å². The third-order valence-corrected chi connectivity index (χ3v) is 2.01. The summed E-state index contributed by atoms with van der Waals surface area (Å²) >= 11 is 0. The Labute approximate surface area is 56.6 Å². The summed E-state index contributed by atoms with van der Waals surface area (Å²) in [7, 11) is 2.02. The Morgan fingerprint density at radius 2 is 2.33 bits per heavy atom. The molecule has 54 valence electrons. The Morgan fingerprint density at radius 1 is 1.56 bits per heavy atom. The predicted octanol–water partition coefficient (Wildman–Crippen LogP) is 0.631. The van der Waals surface area contributed by atoms with Gasteiger partial charge in [-0.15, -0.1) is 0 Å². The highest BCUT2D eigenvalue weighted by Crippen LogP contribution is 2.12. The van der Waals surface area contributed by atoms with Gasteiger partial charge in [-0.2, -0.15) is 0 Å². The van der Waals surface area contributed by atoms with Crippen LogP contribution in [0.5, 0.6) is 0 Å². The molecule has 9 heavy (non-hydrogen) atoms. The first-order valence-corrected chi connectivity index (χ1v) is 3.59. The van der Waals surface area contributed by atoms with Gasteiger partial charge in [0.1, 0.15) is 0 Å². The van der Waals surface area contributed by atoms with Gasteiger partial charge in [0.05, 0.1) is 6.61 Å². The fourth-order valence-electron chi connectivity index (χ4n) is 1.31. The maximum atomic E-state index is 5.27. The topological polar surface area (TPSA) is 21.3 Å². The van der Waals surface area contributed by atoms with E-state index in [0.717, 1.165) is 19.6 Å². The van der Waals surface area contributed by atoms with Gasteiger partial charge in [-0.3, -0.25) is 0 Å². The van der Waals surface area contributed by atoms with Crippen LogP contribution in [0.25, 0.3) is 0 Å². The number of nitrogens with one attached hydrogen (secondary N) is 1. The lowest BCUT2D eigenvalue weighted by Crippen LogP contribution is -2.39. The molecule has 1 saturated heterocycles. The molecule has 2 atom stereocenters. The van der Waals surface area contributed by atoms with Gasteiger partial charge in [0.2, 0.25) is 0 Å². The zero-order valence-corrected chi connectivity index (χ0v) is 6.18. The molecule has 1 fully saturated rings. The van der Waals surface area contributed by atoms with Crippen LogP contribution in [0.15, 0.2) is 0 Å². The highest BCUT2D eigenvalue weighted by molar-refractivity contribution is 4.74. The molecule has 0 unspecified atom stereocenters. The first-order valence-electron chi connectivity index (χ1n) is 3.59. The Bertz CT molecular complexity index is 85.0. The van der Waals surface area contributed by atoms with E-state index in [1.165, 1.54) is 0 Å². The van der Waals surface area contributed by atoms with Gasteiger partial charge in [0.25, 0.3) is 0 Å². The summed E-state index contributed by atoms with van der Waals surface area (Å²) in [6.07, 6.45) is 1.16. The molecule has 1 N–H and O–H groups in total. The van der Waals surface area contributed by atoms with Crippen molar-refractivity contribution in [3.63, 3.8) is 0 Å². The fourth-order valence-corrected chi connectivity index (χ4v) is 1.31. The summed E-state index contributed by atoms with van der Waals surface area (Å²) in [5.74, 6) is 0.684. The number of ether oxygens (including phenoxy) is 1. The zero-order valence-electron chi connectivity index (χ0n) is 6.18. The summed E-state index contributed by atoms with van der Waals surface area (Å²) < 4.78 is 5.27. The molecule has 1 aliphatic heterocycles.